The lowest BCUT2D eigenvalue weighted by Crippen LogP contribution is -2.47. The summed E-state index contributed by atoms with van der Waals surface area (Å²) in [5, 5.41) is 10.3. The van der Waals surface area contributed by atoms with Gasteiger partial charge in [0.25, 0.3) is 0 Å². The molecule has 0 radical (unpaired) electrons. The number of ether oxygens (including phenoxy) is 2. The predicted octanol–water partition coefficient (Wildman–Crippen LogP) is 1.30. The molecule has 0 bridgehead atoms. The second kappa shape index (κ2) is 4.58. The van der Waals surface area contributed by atoms with Crippen molar-refractivity contribution in [1.82, 2.24) is 0 Å². The Labute approximate surface area is 108 Å². The van der Waals surface area contributed by atoms with Crippen LogP contribution in [0.5, 0.6) is 0 Å². The van der Waals surface area contributed by atoms with Gasteiger partial charge in [-0.15, -0.1) is 0 Å². The average Bonchev–Trinajstić information content (AvgIpc) is 2.53. The first-order chi connectivity index (χ1) is 8.61. The highest BCUT2D eigenvalue weighted by atomic mass is 16.6. The van der Waals surface area contributed by atoms with Gasteiger partial charge in [0.05, 0.1) is 31.5 Å². The van der Waals surface area contributed by atoms with Crippen LogP contribution >= 0.6 is 0 Å². The zero-order valence-electron chi connectivity index (χ0n) is 10.9. The third kappa shape index (κ3) is 1.91. The van der Waals surface area contributed by atoms with E-state index in [9.17, 15) is 9.90 Å². The van der Waals surface area contributed by atoms with Gasteiger partial charge in [0.2, 0.25) is 0 Å². The number of fused-ring (bicyclic) bond motifs is 2. The summed E-state index contributed by atoms with van der Waals surface area (Å²) in [4.78, 5) is 12.2. The predicted molar refractivity (Wildman–Crippen MR) is 65.2 cm³/mol. The Morgan fingerprint density at radius 1 is 1.22 bits per heavy atom. The number of aliphatic hydroxyl groups is 1. The number of rotatable bonds is 0. The summed E-state index contributed by atoms with van der Waals surface area (Å²) in [6.45, 7) is 3.34. The van der Waals surface area contributed by atoms with Crippen molar-refractivity contribution in [1.29, 1.82) is 0 Å². The molecule has 5 atom stereocenters. The molecule has 0 aromatic rings. The monoisotopic (exact) mass is 254 g/mol. The van der Waals surface area contributed by atoms with Gasteiger partial charge in [-0.3, -0.25) is 4.79 Å². The van der Waals surface area contributed by atoms with E-state index < -0.39 is 0 Å². The van der Waals surface area contributed by atoms with Gasteiger partial charge in [0.1, 0.15) is 5.78 Å². The molecule has 102 valence electrons. The first kappa shape index (κ1) is 12.6. The summed E-state index contributed by atoms with van der Waals surface area (Å²) in [5.74, 6) is 0.246. The van der Waals surface area contributed by atoms with E-state index in [4.69, 9.17) is 9.47 Å². The molecule has 0 aromatic carbocycles. The molecular formula is C14H22O4. The van der Waals surface area contributed by atoms with E-state index >= 15 is 0 Å². The zero-order valence-corrected chi connectivity index (χ0v) is 10.9. The molecule has 2 aliphatic carbocycles. The fraction of sp³-hybridized carbons (Fsp3) is 0.929. The molecule has 1 saturated heterocycles. The quantitative estimate of drug-likeness (QED) is 0.708. The van der Waals surface area contributed by atoms with E-state index in [1.54, 1.807) is 0 Å². The summed E-state index contributed by atoms with van der Waals surface area (Å²) in [5.41, 5.74) is -0.278. The number of Topliss-reactive ketones (excluding diaryl/α,β-unsaturated/α-hetero) is 1. The minimum atomic E-state index is -0.361. The number of hydrogen-bond donors (Lipinski definition) is 1. The summed E-state index contributed by atoms with van der Waals surface area (Å²) in [7, 11) is 0. The minimum Gasteiger partial charge on any atom is -0.393 e. The molecule has 3 aliphatic rings. The summed E-state index contributed by atoms with van der Waals surface area (Å²) >= 11 is 0. The van der Waals surface area contributed by atoms with Crippen LogP contribution < -0.4 is 0 Å². The van der Waals surface area contributed by atoms with Crippen molar-refractivity contribution in [2.75, 3.05) is 13.2 Å². The maximum Gasteiger partial charge on any atom is 0.136 e. The van der Waals surface area contributed by atoms with Crippen LogP contribution in [0.4, 0.5) is 0 Å². The lowest BCUT2D eigenvalue weighted by atomic mass is 9.62. The van der Waals surface area contributed by atoms with Gasteiger partial charge in [0, 0.05) is 17.8 Å². The molecule has 0 amide bonds. The second-order valence-corrected chi connectivity index (χ2v) is 6.17. The van der Waals surface area contributed by atoms with Crippen LogP contribution in [0.1, 0.15) is 39.0 Å². The van der Waals surface area contributed by atoms with Gasteiger partial charge in [0.15, 0.2) is 0 Å². The van der Waals surface area contributed by atoms with Crippen LogP contribution in [0.3, 0.4) is 0 Å². The number of carbonyl (C=O) groups is 1. The zero-order chi connectivity index (χ0) is 12.8. The van der Waals surface area contributed by atoms with Crippen LogP contribution in [0.15, 0.2) is 0 Å². The van der Waals surface area contributed by atoms with E-state index in [2.05, 4.69) is 6.92 Å². The van der Waals surface area contributed by atoms with Gasteiger partial charge in [-0.1, -0.05) is 6.92 Å². The molecule has 1 aliphatic heterocycles. The Hall–Kier alpha value is -0.450. The molecule has 0 aromatic heterocycles. The van der Waals surface area contributed by atoms with Crippen molar-refractivity contribution in [2.45, 2.75) is 57.3 Å². The largest absolute Gasteiger partial charge is 0.393 e. The van der Waals surface area contributed by atoms with Gasteiger partial charge in [-0.25, -0.2) is 0 Å². The van der Waals surface area contributed by atoms with Gasteiger partial charge < -0.3 is 14.6 Å². The maximum absolute atomic E-state index is 12.2. The van der Waals surface area contributed by atoms with Crippen molar-refractivity contribution in [3.05, 3.63) is 0 Å². The highest BCUT2D eigenvalue weighted by Crippen LogP contribution is 2.48. The molecule has 0 spiro atoms. The summed E-state index contributed by atoms with van der Waals surface area (Å²) < 4.78 is 11.5. The number of carbonyl (C=O) groups excluding carboxylic acids is 1. The smallest absolute Gasteiger partial charge is 0.136 e. The minimum absolute atomic E-state index is 0.0415. The van der Waals surface area contributed by atoms with Crippen LogP contribution in [-0.4, -0.2) is 42.4 Å². The van der Waals surface area contributed by atoms with Crippen molar-refractivity contribution >= 4 is 5.78 Å². The first-order valence-electron chi connectivity index (χ1n) is 7.05. The Balaban J connectivity index is 1.87. The second-order valence-electron chi connectivity index (χ2n) is 6.17. The fourth-order valence-corrected chi connectivity index (χ4v) is 3.91. The van der Waals surface area contributed by atoms with Crippen molar-refractivity contribution in [3.8, 4) is 0 Å². The molecule has 3 rings (SSSR count). The van der Waals surface area contributed by atoms with E-state index in [1.807, 2.05) is 0 Å². The molecule has 4 heteroatoms. The third-order valence-electron chi connectivity index (χ3n) is 5.21. The Kier molecular flexibility index (Phi) is 3.20. The SMILES string of the molecule is C[C@]12CCC3OCCOC3C[C@@H]1C(=O)CC[C@@H]2O. The van der Waals surface area contributed by atoms with E-state index in [0.29, 0.717) is 31.8 Å². The molecule has 1 heterocycles. The Morgan fingerprint density at radius 3 is 2.72 bits per heavy atom. The van der Waals surface area contributed by atoms with Crippen LogP contribution in [0.25, 0.3) is 0 Å². The normalized spacial score (nSPS) is 49.1. The van der Waals surface area contributed by atoms with Gasteiger partial charge in [-0.05, 0) is 25.7 Å². The molecule has 18 heavy (non-hydrogen) atoms. The van der Waals surface area contributed by atoms with Gasteiger partial charge >= 0.3 is 0 Å². The molecule has 1 N–H and O–H groups in total. The molecule has 2 unspecified atom stereocenters. The number of ketones is 1. The fourth-order valence-electron chi connectivity index (χ4n) is 3.91. The number of aliphatic hydroxyl groups excluding tert-OH is 1. The Morgan fingerprint density at radius 2 is 1.94 bits per heavy atom. The van der Waals surface area contributed by atoms with Crippen molar-refractivity contribution < 1.29 is 19.4 Å². The average molecular weight is 254 g/mol. The lowest BCUT2D eigenvalue weighted by molar-refractivity contribution is -0.152. The summed E-state index contributed by atoms with van der Waals surface area (Å²) in [6.07, 6.45) is 3.39. The highest BCUT2D eigenvalue weighted by Gasteiger charge is 2.51. The molecular weight excluding hydrogens is 232 g/mol. The van der Waals surface area contributed by atoms with Crippen molar-refractivity contribution in [2.24, 2.45) is 11.3 Å². The van der Waals surface area contributed by atoms with Crippen molar-refractivity contribution in [3.63, 3.8) is 0 Å². The summed E-state index contributed by atoms with van der Waals surface area (Å²) in [6, 6.07) is 0. The van der Waals surface area contributed by atoms with E-state index in [1.165, 1.54) is 0 Å². The molecule has 4 nitrogen and oxygen atoms in total. The molecule has 3 fully saturated rings. The van der Waals surface area contributed by atoms with Crippen LogP contribution in [0.2, 0.25) is 0 Å². The van der Waals surface area contributed by atoms with Gasteiger partial charge in [-0.2, -0.15) is 0 Å². The highest BCUT2D eigenvalue weighted by molar-refractivity contribution is 5.83. The topological polar surface area (TPSA) is 55.8 Å². The standard InChI is InChI=1S/C14H22O4/c1-14-5-4-11-12(18-7-6-17-11)8-9(14)10(15)2-3-13(14)16/h9,11-13,16H,2-8H2,1H3/t9-,11?,12?,13+,14+/m1/s1. The third-order valence-corrected chi connectivity index (χ3v) is 5.21. The maximum atomic E-state index is 12.2. The first-order valence-corrected chi connectivity index (χ1v) is 7.05. The number of hydrogen-bond acceptors (Lipinski definition) is 4. The van der Waals surface area contributed by atoms with E-state index in [0.717, 1.165) is 19.3 Å². The van der Waals surface area contributed by atoms with Crippen LogP contribution in [0, 0.1) is 11.3 Å². The van der Waals surface area contributed by atoms with E-state index in [-0.39, 0.29) is 29.6 Å². The Bertz CT molecular complexity index is 343. The molecule has 2 saturated carbocycles. The lowest BCUT2D eigenvalue weighted by Gasteiger charge is -2.43. The van der Waals surface area contributed by atoms with Crippen LogP contribution in [-0.2, 0) is 14.3 Å².